The molecule has 0 amide bonds. The van der Waals surface area contributed by atoms with E-state index < -0.39 is 60.8 Å². The Kier molecular flexibility index (Phi) is 26.9. The molecule has 2 saturated heterocycles. The van der Waals surface area contributed by atoms with Gasteiger partial charge in [0.2, 0.25) is 0 Å². The second-order valence-electron chi connectivity index (χ2n) is 15.1. The molecule has 2 heterocycles. The highest BCUT2D eigenvalue weighted by Crippen LogP contribution is 2.45. The quantitative estimate of drug-likeness (QED) is 0.0184. The van der Waals surface area contributed by atoms with Crippen LogP contribution in [0.4, 0.5) is 0 Å². The van der Waals surface area contributed by atoms with Gasteiger partial charge in [0, 0.05) is 39.0 Å². The third-order valence-electron chi connectivity index (χ3n) is 9.81. The molecule has 18 nitrogen and oxygen atoms in total. The Morgan fingerprint density at radius 3 is 2.16 bits per heavy atom. The maximum Gasteiger partial charge on any atom is 0.472 e. The summed E-state index contributed by atoms with van der Waals surface area (Å²) in [6.45, 7) is 0.543. The summed E-state index contributed by atoms with van der Waals surface area (Å²) in [7, 11) is -8.89. The van der Waals surface area contributed by atoms with Crippen LogP contribution < -0.4 is 11.5 Å². The Morgan fingerprint density at radius 1 is 0.879 bits per heavy atom. The van der Waals surface area contributed by atoms with Crippen LogP contribution in [0.2, 0.25) is 0 Å². The highest BCUT2D eigenvalue weighted by Gasteiger charge is 2.52. The van der Waals surface area contributed by atoms with Crippen LogP contribution in [-0.2, 0) is 61.5 Å². The molecule has 20 heteroatoms. The molecule has 340 valence electrons. The fraction of sp³-hybridized carbons (Fsp3) is 0.895. The maximum atomic E-state index is 12.3. The van der Waals surface area contributed by atoms with Crippen LogP contribution in [-0.4, -0.2) is 117 Å². The van der Waals surface area contributed by atoms with Crippen LogP contribution in [0.1, 0.15) is 135 Å². The van der Waals surface area contributed by atoms with Crippen molar-refractivity contribution in [1.29, 1.82) is 0 Å². The van der Waals surface area contributed by atoms with E-state index in [0.29, 0.717) is 25.9 Å². The third kappa shape index (κ3) is 25.3. The van der Waals surface area contributed by atoms with Gasteiger partial charge < -0.3 is 45.2 Å². The van der Waals surface area contributed by atoms with Gasteiger partial charge in [-0.1, -0.05) is 83.1 Å². The molecular formula is C38H71N2O16PS. The Bertz CT molecular complexity index is 1330. The summed E-state index contributed by atoms with van der Waals surface area (Å²) < 4.78 is 83.7. The van der Waals surface area contributed by atoms with Gasteiger partial charge in [0.15, 0.2) is 11.9 Å². The first kappa shape index (κ1) is 52.6. The van der Waals surface area contributed by atoms with E-state index in [1.807, 2.05) is 0 Å². The number of esters is 2. The number of hydrogen-bond acceptors (Lipinski definition) is 16. The maximum absolute atomic E-state index is 12.3. The van der Waals surface area contributed by atoms with Crippen LogP contribution in [0.3, 0.4) is 0 Å². The molecule has 2 bridgehead atoms. The summed E-state index contributed by atoms with van der Waals surface area (Å²) in [5.74, 6) is -1.92. The minimum Gasteiger partial charge on any atom is -0.462 e. The largest absolute Gasteiger partial charge is 0.472 e. The van der Waals surface area contributed by atoms with Gasteiger partial charge >= 0.3 is 30.2 Å². The summed E-state index contributed by atoms with van der Waals surface area (Å²) in [4.78, 5) is 33.2. The molecule has 0 aromatic carbocycles. The first-order valence-electron chi connectivity index (χ1n) is 20.9. The molecule has 1 unspecified atom stereocenters. The van der Waals surface area contributed by atoms with E-state index in [1.165, 1.54) is 57.9 Å². The number of hydrogen-bond donors (Lipinski definition) is 5. The molecule has 0 aliphatic carbocycles. The lowest BCUT2D eigenvalue weighted by Gasteiger charge is -2.33. The molecule has 2 aliphatic heterocycles. The number of aliphatic hydroxyl groups excluding tert-OH is 1. The average Bonchev–Trinajstić information content (AvgIpc) is 3.47. The van der Waals surface area contributed by atoms with Crippen molar-refractivity contribution in [3.63, 3.8) is 0 Å². The Labute approximate surface area is 344 Å². The summed E-state index contributed by atoms with van der Waals surface area (Å²) >= 11 is 0. The summed E-state index contributed by atoms with van der Waals surface area (Å²) in [5.41, 5.74) is 10.9. The Balaban J connectivity index is 1.51. The van der Waals surface area contributed by atoms with Gasteiger partial charge in [-0.3, -0.25) is 18.4 Å². The SMILES string of the molecule is CC(=O)OC[C@H](COP(=O)(O)OCCN)OC(=O)C=CCCCCC[C@H]1O[C@]2(CCCCCCCCCCCCCCOC[C@@H](N)COS(=O)(=O)O)CC[C@@H](O)[C@H]1O2. The lowest BCUT2D eigenvalue weighted by molar-refractivity contribution is -0.214. The molecule has 0 spiro atoms. The molecule has 7 atom stereocenters. The number of phosphoric ester groups is 1. The average molecular weight is 875 g/mol. The molecule has 0 aromatic rings. The fourth-order valence-electron chi connectivity index (χ4n) is 6.84. The number of phosphoric acid groups is 1. The predicted octanol–water partition coefficient (Wildman–Crippen LogP) is 4.93. The number of unbranched alkanes of at least 4 members (excludes halogenated alkanes) is 14. The second-order valence-corrected chi connectivity index (χ2v) is 17.6. The lowest BCUT2D eigenvalue weighted by Crippen LogP contribution is -2.41. The first-order valence-corrected chi connectivity index (χ1v) is 23.8. The summed E-state index contributed by atoms with van der Waals surface area (Å²) in [5, 5.41) is 10.6. The molecule has 2 aliphatic rings. The summed E-state index contributed by atoms with van der Waals surface area (Å²) in [6, 6.07) is -0.608. The number of rotatable bonds is 36. The zero-order valence-electron chi connectivity index (χ0n) is 34.3. The lowest BCUT2D eigenvalue weighted by atomic mass is 9.94. The molecule has 7 N–H and O–H groups in total. The van der Waals surface area contributed by atoms with Gasteiger partial charge in [-0.05, 0) is 38.5 Å². The minimum absolute atomic E-state index is 0.0114. The van der Waals surface area contributed by atoms with Gasteiger partial charge in [-0.15, -0.1) is 0 Å². The Morgan fingerprint density at radius 2 is 1.52 bits per heavy atom. The zero-order chi connectivity index (χ0) is 42.7. The van der Waals surface area contributed by atoms with E-state index in [2.05, 4.69) is 8.71 Å². The molecule has 58 heavy (non-hydrogen) atoms. The normalized spacial score (nSPS) is 22.8. The van der Waals surface area contributed by atoms with E-state index in [4.69, 9.17) is 44.2 Å². The minimum atomic E-state index is -4.48. The number of nitrogens with two attached hydrogens (primary N) is 2. The van der Waals surface area contributed by atoms with Crippen LogP contribution in [0.5, 0.6) is 0 Å². The van der Waals surface area contributed by atoms with Crippen molar-refractivity contribution >= 4 is 30.2 Å². The van der Waals surface area contributed by atoms with Crippen LogP contribution in [0.25, 0.3) is 0 Å². The number of fused-ring (bicyclic) bond motifs is 2. The van der Waals surface area contributed by atoms with Gasteiger partial charge in [-0.25, -0.2) is 13.5 Å². The van der Waals surface area contributed by atoms with E-state index >= 15 is 0 Å². The van der Waals surface area contributed by atoms with Crippen molar-refractivity contribution in [2.45, 2.75) is 172 Å². The third-order valence-corrected chi connectivity index (χ3v) is 11.2. The Hall–Kier alpha value is -1.58. The fourth-order valence-corrected chi connectivity index (χ4v) is 7.95. The zero-order valence-corrected chi connectivity index (χ0v) is 36.0. The molecule has 2 fully saturated rings. The van der Waals surface area contributed by atoms with Crippen molar-refractivity contribution in [3.8, 4) is 0 Å². The highest BCUT2D eigenvalue weighted by molar-refractivity contribution is 7.80. The number of aliphatic hydroxyl groups is 1. The van der Waals surface area contributed by atoms with Crippen molar-refractivity contribution in [2.75, 3.05) is 46.2 Å². The molecule has 0 radical (unpaired) electrons. The van der Waals surface area contributed by atoms with E-state index in [1.54, 1.807) is 6.08 Å². The van der Waals surface area contributed by atoms with E-state index in [-0.39, 0.29) is 45.2 Å². The van der Waals surface area contributed by atoms with Gasteiger partial charge in [0.1, 0.15) is 12.7 Å². The van der Waals surface area contributed by atoms with Gasteiger partial charge in [0.25, 0.3) is 0 Å². The highest BCUT2D eigenvalue weighted by atomic mass is 32.3. The summed E-state index contributed by atoms with van der Waals surface area (Å²) in [6.07, 6.45) is 20.9. The molecule has 2 rings (SSSR count). The monoisotopic (exact) mass is 874 g/mol. The van der Waals surface area contributed by atoms with E-state index in [9.17, 15) is 32.6 Å². The number of carbonyl (C=O) groups excluding carboxylic acids is 2. The van der Waals surface area contributed by atoms with Crippen molar-refractivity contribution < 1.29 is 74.0 Å². The number of allylic oxidation sites excluding steroid dienone is 1. The van der Waals surface area contributed by atoms with Crippen molar-refractivity contribution in [1.82, 2.24) is 0 Å². The van der Waals surface area contributed by atoms with Crippen LogP contribution in [0.15, 0.2) is 12.2 Å². The first-order chi connectivity index (χ1) is 27.6. The molecule has 0 aromatic heterocycles. The predicted molar refractivity (Wildman–Crippen MR) is 214 cm³/mol. The number of carbonyl (C=O) groups is 2. The van der Waals surface area contributed by atoms with Crippen LogP contribution >= 0.6 is 7.82 Å². The second kappa shape index (κ2) is 29.6. The van der Waals surface area contributed by atoms with Crippen molar-refractivity contribution in [2.24, 2.45) is 11.5 Å². The van der Waals surface area contributed by atoms with Crippen molar-refractivity contribution in [3.05, 3.63) is 12.2 Å². The smallest absolute Gasteiger partial charge is 0.462 e. The topological polar surface area (TPSA) is 272 Å². The van der Waals surface area contributed by atoms with E-state index in [0.717, 1.165) is 64.2 Å². The standard InChI is InChI=1S/C38H71N2O16PS/c1-31(41)50-29-33(30-52-57(44,45)51-26-24-39)54-36(43)20-16-12-10-11-15-19-35-37-34(42)21-23-38(55-35,56-37)22-17-13-8-6-4-2-3-5-7-9-14-18-25-49-27-32(40)28-53-58(46,47)48/h16,20,32-35,37,42H,2-15,17-19,21-30,39-40H2,1H3,(H,44,45)(H,46,47,48)/t32-,33-,34-,35-,37-,38+/m1/s1. The van der Waals surface area contributed by atoms with Gasteiger partial charge in [0.05, 0.1) is 44.7 Å². The van der Waals surface area contributed by atoms with Gasteiger partial charge in [-0.2, -0.15) is 8.42 Å². The van der Waals surface area contributed by atoms with Crippen LogP contribution in [0, 0.1) is 0 Å². The number of ether oxygens (including phenoxy) is 5. The molecule has 0 saturated carbocycles. The molecular weight excluding hydrogens is 803 g/mol.